The van der Waals surface area contributed by atoms with Crippen molar-refractivity contribution in [2.45, 2.75) is 18.9 Å². The zero-order valence-corrected chi connectivity index (χ0v) is 8.46. The number of hydrogen-bond acceptors (Lipinski definition) is 4. The van der Waals surface area contributed by atoms with Gasteiger partial charge >= 0.3 is 0 Å². The van der Waals surface area contributed by atoms with Gasteiger partial charge in [0, 0.05) is 5.08 Å². The lowest BCUT2D eigenvalue weighted by Gasteiger charge is -2.06. The predicted octanol–water partition coefficient (Wildman–Crippen LogP) is 1.75. The van der Waals surface area contributed by atoms with Crippen molar-refractivity contribution in [1.82, 2.24) is 0 Å². The van der Waals surface area contributed by atoms with Crippen molar-refractivity contribution >= 4 is 28.6 Å². The fraction of sp³-hybridized carbons (Fsp3) is 0.875. The summed E-state index contributed by atoms with van der Waals surface area (Å²) in [5, 5.41) is 1.27. The molecule has 2 aliphatic rings. The number of ether oxygens (including phenoxy) is 1. The molecule has 4 heteroatoms. The van der Waals surface area contributed by atoms with Gasteiger partial charge in [-0.1, -0.05) is 11.8 Å². The molecule has 2 fully saturated rings. The van der Waals surface area contributed by atoms with Crippen LogP contribution in [0.25, 0.3) is 0 Å². The summed E-state index contributed by atoms with van der Waals surface area (Å²) in [6, 6.07) is 0. The third-order valence-corrected chi connectivity index (χ3v) is 4.56. The Bertz CT molecular complexity index is 184. The monoisotopic (exact) mass is 204 g/mol. The largest absolute Gasteiger partial charge is 0.377 e. The minimum absolute atomic E-state index is 0.193. The third kappa shape index (κ3) is 1.98. The Morgan fingerprint density at radius 3 is 3.33 bits per heavy atom. The van der Waals surface area contributed by atoms with Gasteiger partial charge < -0.3 is 4.74 Å². The zero-order chi connectivity index (χ0) is 8.39. The van der Waals surface area contributed by atoms with Crippen LogP contribution in [0.4, 0.5) is 0 Å². The lowest BCUT2D eigenvalue weighted by molar-refractivity contribution is -0.114. The van der Waals surface area contributed by atoms with Gasteiger partial charge in [0.25, 0.3) is 0 Å². The molecule has 2 unspecified atom stereocenters. The molecule has 2 heterocycles. The molecule has 0 aromatic carbocycles. The van der Waals surface area contributed by atoms with Gasteiger partial charge in [0.05, 0.1) is 18.6 Å². The van der Waals surface area contributed by atoms with Crippen molar-refractivity contribution in [3.63, 3.8) is 0 Å². The number of fused-ring (bicyclic) bond motifs is 2. The first-order chi connectivity index (χ1) is 5.86. The minimum Gasteiger partial charge on any atom is -0.377 e. The molecule has 2 atom stereocenters. The topological polar surface area (TPSA) is 26.3 Å². The lowest BCUT2D eigenvalue weighted by Crippen LogP contribution is -2.10. The van der Waals surface area contributed by atoms with Crippen molar-refractivity contribution in [2.24, 2.45) is 5.92 Å². The van der Waals surface area contributed by atoms with Crippen molar-refractivity contribution in [3.8, 4) is 0 Å². The summed E-state index contributed by atoms with van der Waals surface area (Å²) < 4.78 is 5.52. The van der Waals surface area contributed by atoms with Crippen LogP contribution in [-0.2, 0) is 9.53 Å². The van der Waals surface area contributed by atoms with Crippen LogP contribution >= 0.6 is 23.5 Å². The van der Waals surface area contributed by atoms with Crippen molar-refractivity contribution in [2.75, 3.05) is 17.4 Å². The van der Waals surface area contributed by atoms with Crippen LogP contribution in [0.2, 0.25) is 0 Å². The standard InChI is InChI=1S/C8H12O2S2/c9-8-6-3-7(10-4-6)1-2-11-5-12-8/h6-7H,1-5H2. The van der Waals surface area contributed by atoms with Gasteiger partial charge in [0.1, 0.15) is 0 Å². The van der Waals surface area contributed by atoms with Gasteiger partial charge in [-0.25, -0.2) is 0 Å². The Balaban J connectivity index is 1.99. The summed E-state index contributed by atoms with van der Waals surface area (Å²) in [5.74, 6) is 1.33. The highest BCUT2D eigenvalue weighted by molar-refractivity contribution is 8.23. The Hall–Kier alpha value is 0.330. The molecular formula is C8H12O2S2. The molecule has 2 nitrogen and oxygen atoms in total. The van der Waals surface area contributed by atoms with Crippen LogP contribution in [-0.4, -0.2) is 28.7 Å². The van der Waals surface area contributed by atoms with Gasteiger partial charge in [-0.2, -0.15) is 11.8 Å². The Morgan fingerprint density at radius 2 is 2.42 bits per heavy atom. The minimum atomic E-state index is 0.193. The number of thioether (sulfide) groups is 2. The van der Waals surface area contributed by atoms with E-state index < -0.39 is 0 Å². The molecule has 0 radical (unpaired) electrons. The highest BCUT2D eigenvalue weighted by Crippen LogP contribution is 2.31. The van der Waals surface area contributed by atoms with E-state index in [0.717, 1.165) is 23.7 Å². The van der Waals surface area contributed by atoms with Crippen LogP contribution < -0.4 is 0 Å². The van der Waals surface area contributed by atoms with E-state index in [1.165, 1.54) is 11.8 Å². The molecule has 0 aromatic heterocycles. The molecule has 68 valence electrons. The summed E-state index contributed by atoms with van der Waals surface area (Å²) in [6.45, 7) is 0.668. The number of carbonyl (C=O) groups excluding carboxylic acids is 1. The highest BCUT2D eigenvalue weighted by Gasteiger charge is 2.31. The quantitative estimate of drug-likeness (QED) is 0.600. The summed E-state index contributed by atoms with van der Waals surface area (Å²) in [5.41, 5.74) is 0. The third-order valence-electron chi connectivity index (χ3n) is 2.28. The smallest absolute Gasteiger partial charge is 0.195 e. The predicted molar refractivity (Wildman–Crippen MR) is 52.4 cm³/mol. The molecule has 0 amide bonds. The molecule has 2 aliphatic heterocycles. The van der Waals surface area contributed by atoms with Crippen LogP contribution in [0.3, 0.4) is 0 Å². The molecule has 2 bridgehead atoms. The van der Waals surface area contributed by atoms with Crippen LogP contribution in [0.1, 0.15) is 12.8 Å². The SMILES string of the molecule is O=C1SCSCCC2CC1CO2. The molecule has 2 saturated heterocycles. The highest BCUT2D eigenvalue weighted by atomic mass is 32.2. The van der Waals surface area contributed by atoms with E-state index in [2.05, 4.69) is 0 Å². The van der Waals surface area contributed by atoms with E-state index in [1.54, 1.807) is 0 Å². The van der Waals surface area contributed by atoms with Crippen molar-refractivity contribution < 1.29 is 9.53 Å². The van der Waals surface area contributed by atoms with Gasteiger partial charge in [-0.3, -0.25) is 4.79 Å². The zero-order valence-electron chi connectivity index (χ0n) is 6.82. The second-order valence-corrected chi connectivity index (χ2v) is 5.62. The average molecular weight is 204 g/mol. The molecule has 0 N–H and O–H groups in total. The number of hydrogen-bond donors (Lipinski definition) is 0. The second-order valence-electron chi connectivity index (χ2n) is 3.17. The summed E-state index contributed by atoms with van der Waals surface area (Å²) in [7, 11) is 0. The molecule has 0 spiro atoms. The van der Waals surface area contributed by atoms with Gasteiger partial charge in [0.2, 0.25) is 0 Å². The first-order valence-corrected chi connectivity index (χ1v) is 6.36. The Morgan fingerprint density at radius 1 is 1.50 bits per heavy atom. The molecule has 0 aliphatic carbocycles. The maximum Gasteiger partial charge on any atom is 0.195 e. The van der Waals surface area contributed by atoms with Crippen LogP contribution in [0, 0.1) is 5.92 Å². The molecule has 0 aromatic rings. The number of carbonyl (C=O) groups is 1. The average Bonchev–Trinajstić information content (AvgIpc) is 2.53. The molecular weight excluding hydrogens is 192 g/mol. The van der Waals surface area contributed by atoms with E-state index in [1.807, 2.05) is 11.8 Å². The fourth-order valence-corrected chi connectivity index (χ4v) is 3.66. The summed E-state index contributed by atoms with van der Waals surface area (Å²) in [6.07, 6.45) is 2.45. The van der Waals surface area contributed by atoms with Gasteiger partial charge in [-0.15, -0.1) is 0 Å². The first-order valence-electron chi connectivity index (χ1n) is 4.22. The molecule has 0 saturated carbocycles. The normalized spacial score (nSPS) is 37.2. The van der Waals surface area contributed by atoms with Crippen molar-refractivity contribution in [1.29, 1.82) is 0 Å². The van der Waals surface area contributed by atoms with Crippen molar-refractivity contribution in [3.05, 3.63) is 0 Å². The fourth-order valence-electron chi connectivity index (χ4n) is 1.56. The van der Waals surface area contributed by atoms with E-state index in [0.29, 0.717) is 17.8 Å². The van der Waals surface area contributed by atoms with Crippen LogP contribution in [0.5, 0.6) is 0 Å². The van der Waals surface area contributed by atoms with E-state index in [4.69, 9.17) is 4.74 Å². The lowest BCUT2D eigenvalue weighted by atomic mass is 10.1. The Labute approximate surface area is 80.8 Å². The maximum atomic E-state index is 11.4. The van der Waals surface area contributed by atoms with Crippen LogP contribution in [0.15, 0.2) is 0 Å². The van der Waals surface area contributed by atoms with Gasteiger partial charge in [0.15, 0.2) is 5.12 Å². The summed E-state index contributed by atoms with van der Waals surface area (Å²) >= 11 is 3.32. The maximum absolute atomic E-state index is 11.4. The molecule has 12 heavy (non-hydrogen) atoms. The Kier molecular flexibility index (Phi) is 2.99. The second kappa shape index (κ2) is 4.03. The van der Waals surface area contributed by atoms with E-state index in [9.17, 15) is 4.79 Å². The molecule has 2 rings (SSSR count). The van der Waals surface area contributed by atoms with Gasteiger partial charge in [-0.05, 0) is 18.6 Å². The van der Waals surface area contributed by atoms with E-state index in [-0.39, 0.29) is 5.92 Å². The first kappa shape index (κ1) is 8.91. The summed E-state index contributed by atoms with van der Waals surface area (Å²) in [4.78, 5) is 11.4. The number of rotatable bonds is 0. The van der Waals surface area contributed by atoms with E-state index >= 15 is 0 Å².